The van der Waals surface area contributed by atoms with Crippen molar-refractivity contribution in [2.24, 2.45) is 0 Å². The van der Waals surface area contributed by atoms with Crippen molar-refractivity contribution in [2.75, 3.05) is 11.9 Å². The quantitative estimate of drug-likeness (QED) is 0.463. The van der Waals surface area contributed by atoms with Crippen LogP contribution in [0.15, 0.2) is 55.1 Å². The zero-order valence-corrected chi connectivity index (χ0v) is 17.8. The number of amides is 1. The molecule has 3 aromatic heterocycles. The highest BCUT2D eigenvalue weighted by Gasteiger charge is 2.16. The van der Waals surface area contributed by atoms with E-state index < -0.39 is 0 Å². The Kier molecular flexibility index (Phi) is 5.99. The second-order valence-electron chi connectivity index (χ2n) is 7.12. The Morgan fingerprint density at radius 1 is 1.10 bits per heavy atom. The third-order valence-corrected chi connectivity index (χ3v) is 5.87. The number of nitrogens with zero attached hydrogens (tertiary/aromatic N) is 3. The van der Waals surface area contributed by atoms with Crippen molar-refractivity contribution < 1.29 is 4.79 Å². The van der Waals surface area contributed by atoms with Crippen molar-refractivity contribution in [3.8, 4) is 11.1 Å². The summed E-state index contributed by atoms with van der Waals surface area (Å²) in [5.41, 5.74) is 4.51. The highest BCUT2D eigenvalue weighted by atomic mass is 32.1. The predicted molar refractivity (Wildman–Crippen MR) is 122 cm³/mol. The fourth-order valence-corrected chi connectivity index (χ4v) is 4.34. The largest absolute Gasteiger partial charge is 0.369 e. The molecule has 0 aliphatic carbocycles. The molecule has 0 bridgehead atoms. The van der Waals surface area contributed by atoms with Gasteiger partial charge in [-0.2, -0.15) is 0 Å². The van der Waals surface area contributed by atoms with Gasteiger partial charge in [0.1, 0.15) is 17.0 Å². The normalized spacial score (nSPS) is 10.9. The number of fused-ring (bicyclic) bond motifs is 1. The number of carbonyl (C=O) groups is 1. The van der Waals surface area contributed by atoms with E-state index in [1.807, 2.05) is 12.1 Å². The van der Waals surface area contributed by atoms with Crippen LogP contribution in [-0.2, 0) is 11.3 Å². The van der Waals surface area contributed by atoms with E-state index in [1.54, 1.807) is 30.1 Å². The average Bonchev–Trinajstić information content (AvgIpc) is 3.10. The molecule has 152 valence electrons. The third kappa shape index (κ3) is 4.46. The molecule has 0 unspecified atom stereocenters. The first-order chi connectivity index (χ1) is 14.6. The molecule has 0 spiro atoms. The molecule has 0 radical (unpaired) electrons. The van der Waals surface area contributed by atoms with Crippen molar-refractivity contribution in [2.45, 2.75) is 26.8 Å². The molecule has 0 aliphatic heterocycles. The second kappa shape index (κ2) is 9.00. The molecule has 4 rings (SSSR count). The smallest absolute Gasteiger partial charge is 0.222 e. The first-order valence-electron chi connectivity index (χ1n) is 9.82. The third-order valence-electron chi connectivity index (χ3n) is 4.86. The van der Waals surface area contributed by atoms with Crippen LogP contribution in [0.25, 0.3) is 21.3 Å². The minimum absolute atomic E-state index is 0.0167. The van der Waals surface area contributed by atoms with Gasteiger partial charge in [0.2, 0.25) is 5.91 Å². The number of hydrogen-bond donors (Lipinski definition) is 2. The first kappa shape index (κ1) is 20.0. The summed E-state index contributed by atoms with van der Waals surface area (Å²) in [5, 5.41) is 7.27. The van der Waals surface area contributed by atoms with E-state index in [4.69, 9.17) is 0 Å². The minimum Gasteiger partial charge on any atom is -0.369 e. The fraction of sp³-hybridized carbons (Fsp3) is 0.217. The molecular formula is C23H23N5OS. The molecule has 4 aromatic rings. The molecule has 0 fully saturated rings. The molecule has 0 aliphatic rings. The van der Waals surface area contributed by atoms with E-state index in [9.17, 15) is 4.79 Å². The van der Waals surface area contributed by atoms with E-state index in [2.05, 4.69) is 63.7 Å². The number of nitrogens with one attached hydrogen (secondary N) is 2. The van der Waals surface area contributed by atoms with Crippen molar-refractivity contribution in [3.63, 3.8) is 0 Å². The number of pyridine rings is 1. The maximum atomic E-state index is 12.2. The van der Waals surface area contributed by atoms with Crippen molar-refractivity contribution in [1.82, 2.24) is 20.3 Å². The lowest BCUT2D eigenvalue weighted by Crippen LogP contribution is -2.25. The van der Waals surface area contributed by atoms with Crippen molar-refractivity contribution in [3.05, 3.63) is 71.1 Å². The molecule has 7 heteroatoms. The monoisotopic (exact) mass is 417 g/mol. The molecule has 6 nitrogen and oxygen atoms in total. The van der Waals surface area contributed by atoms with Crippen LogP contribution in [0.3, 0.4) is 0 Å². The highest BCUT2D eigenvalue weighted by molar-refractivity contribution is 7.19. The van der Waals surface area contributed by atoms with Crippen LogP contribution < -0.4 is 10.6 Å². The minimum atomic E-state index is -0.0167. The number of thiophene rings is 1. The molecule has 3 heterocycles. The van der Waals surface area contributed by atoms with Crippen LogP contribution in [0.1, 0.15) is 22.4 Å². The van der Waals surface area contributed by atoms with Crippen LogP contribution >= 0.6 is 11.3 Å². The molecule has 1 amide bonds. The molecule has 0 atom stereocenters. The van der Waals surface area contributed by atoms with E-state index in [0.717, 1.165) is 32.7 Å². The van der Waals surface area contributed by atoms with Crippen LogP contribution in [0, 0.1) is 13.8 Å². The second-order valence-corrected chi connectivity index (χ2v) is 8.32. The zero-order valence-electron chi connectivity index (χ0n) is 17.0. The lowest BCUT2D eigenvalue weighted by Gasteiger charge is -2.10. The molecule has 0 saturated heterocycles. The van der Waals surface area contributed by atoms with Gasteiger partial charge in [-0.15, -0.1) is 11.3 Å². The van der Waals surface area contributed by atoms with Gasteiger partial charge in [-0.1, -0.05) is 35.9 Å². The molecule has 30 heavy (non-hydrogen) atoms. The van der Waals surface area contributed by atoms with Crippen LogP contribution in [0.5, 0.6) is 0 Å². The number of rotatable bonds is 7. The standard InChI is InChI=1S/C23H23N5OS/c1-15-5-7-18(8-6-15)20-16(2)30-23-21(20)22(27-14-28-23)25-11-9-19(29)26-13-17-4-3-10-24-12-17/h3-8,10,12,14H,9,11,13H2,1-2H3,(H,26,29)(H,25,27,28). The Hall–Kier alpha value is -3.32. The molecule has 1 aromatic carbocycles. The Balaban J connectivity index is 1.46. The van der Waals surface area contributed by atoms with Crippen LogP contribution in [0.2, 0.25) is 0 Å². The average molecular weight is 418 g/mol. The number of hydrogen-bond acceptors (Lipinski definition) is 6. The highest BCUT2D eigenvalue weighted by Crippen LogP contribution is 2.40. The summed E-state index contributed by atoms with van der Waals surface area (Å²) in [6.07, 6.45) is 5.40. The first-order valence-corrected chi connectivity index (χ1v) is 10.6. The van der Waals surface area contributed by atoms with Gasteiger partial charge in [0.15, 0.2) is 0 Å². The Labute approximate surface area is 179 Å². The summed E-state index contributed by atoms with van der Waals surface area (Å²) in [4.78, 5) is 27.3. The summed E-state index contributed by atoms with van der Waals surface area (Å²) >= 11 is 1.66. The summed E-state index contributed by atoms with van der Waals surface area (Å²) in [7, 11) is 0. The van der Waals surface area contributed by atoms with Gasteiger partial charge >= 0.3 is 0 Å². The van der Waals surface area contributed by atoms with Crippen LogP contribution in [-0.4, -0.2) is 27.4 Å². The number of aryl methyl sites for hydroxylation is 2. The SMILES string of the molecule is Cc1ccc(-c2c(C)sc3ncnc(NCCC(=O)NCc4cccnc4)c23)cc1. The van der Waals surface area contributed by atoms with Gasteiger partial charge in [0, 0.05) is 42.3 Å². The summed E-state index contributed by atoms with van der Waals surface area (Å²) in [6, 6.07) is 12.3. The Bertz CT molecular complexity index is 1160. The van der Waals surface area contributed by atoms with Crippen molar-refractivity contribution >= 4 is 33.3 Å². The lowest BCUT2D eigenvalue weighted by molar-refractivity contribution is -0.121. The van der Waals surface area contributed by atoms with Gasteiger partial charge in [0.25, 0.3) is 0 Å². The van der Waals surface area contributed by atoms with Gasteiger partial charge in [0.05, 0.1) is 5.39 Å². The number of carbonyl (C=O) groups excluding carboxylic acids is 1. The number of aromatic nitrogens is 3. The number of benzene rings is 1. The van der Waals surface area contributed by atoms with Gasteiger partial charge in [-0.3, -0.25) is 9.78 Å². The zero-order chi connectivity index (χ0) is 20.9. The van der Waals surface area contributed by atoms with Gasteiger partial charge < -0.3 is 10.6 Å². The fourth-order valence-electron chi connectivity index (χ4n) is 3.33. The van der Waals surface area contributed by atoms with E-state index in [1.165, 1.54) is 10.4 Å². The molecular weight excluding hydrogens is 394 g/mol. The molecule has 2 N–H and O–H groups in total. The Morgan fingerprint density at radius 3 is 2.70 bits per heavy atom. The summed E-state index contributed by atoms with van der Waals surface area (Å²) in [5.74, 6) is 0.747. The van der Waals surface area contributed by atoms with E-state index in [0.29, 0.717) is 19.5 Å². The molecule has 0 saturated carbocycles. The van der Waals surface area contributed by atoms with Gasteiger partial charge in [-0.25, -0.2) is 9.97 Å². The van der Waals surface area contributed by atoms with E-state index in [-0.39, 0.29) is 5.91 Å². The maximum absolute atomic E-state index is 12.2. The van der Waals surface area contributed by atoms with Crippen molar-refractivity contribution in [1.29, 1.82) is 0 Å². The lowest BCUT2D eigenvalue weighted by atomic mass is 10.0. The van der Waals surface area contributed by atoms with Gasteiger partial charge in [-0.05, 0) is 31.0 Å². The van der Waals surface area contributed by atoms with E-state index >= 15 is 0 Å². The van der Waals surface area contributed by atoms with Crippen LogP contribution in [0.4, 0.5) is 5.82 Å². The number of anilines is 1. The topological polar surface area (TPSA) is 79.8 Å². The summed E-state index contributed by atoms with van der Waals surface area (Å²) in [6.45, 7) is 5.16. The maximum Gasteiger partial charge on any atom is 0.222 e. The Morgan fingerprint density at radius 2 is 1.93 bits per heavy atom. The predicted octanol–water partition coefficient (Wildman–Crippen LogP) is 4.49. The summed E-state index contributed by atoms with van der Waals surface area (Å²) < 4.78 is 0.